The Kier molecular flexibility index (Phi) is 9.16. The average molecular weight is 478 g/mol. The van der Waals surface area contributed by atoms with Crippen LogP contribution in [0.1, 0.15) is 29.7 Å². The van der Waals surface area contributed by atoms with Gasteiger partial charge in [-0.15, -0.1) is 24.0 Å². The van der Waals surface area contributed by atoms with Gasteiger partial charge in [-0.1, -0.05) is 29.8 Å². The third-order valence-electron chi connectivity index (χ3n) is 3.67. The zero-order chi connectivity index (χ0) is 17.5. The molecule has 2 aromatic rings. The van der Waals surface area contributed by atoms with Crippen LogP contribution < -0.4 is 10.6 Å². The zero-order valence-corrected chi connectivity index (χ0v) is 17.2. The van der Waals surface area contributed by atoms with Gasteiger partial charge in [-0.3, -0.25) is 4.99 Å². The fourth-order valence-electron chi connectivity index (χ4n) is 2.30. The molecule has 2 rings (SSSR count). The van der Waals surface area contributed by atoms with Gasteiger partial charge < -0.3 is 15.7 Å². The second-order valence-corrected chi connectivity index (χ2v) is 5.87. The van der Waals surface area contributed by atoms with Gasteiger partial charge in [0.05, 0.1) is 12.6 Å². The van der Waals surface area contributed by atoms with Gasteiger partial charge in [0.15, 0.2) is 5.96 Å². The molecule has 7 heteroatoms. The minimum absolute atomic E-state index is 0. The maximum Gasteiger partial charge on any atom is 0.191 e. The Bertz CT molecular complexity index is 727. The molecule has 0 heterocycles. The molecule has 0 amide bonds. The first-order chi connectivity index (χ1) is 11.5. The summed E-state index contributed by atoms with van der Waals surface area (Å²) in [5, 5.41) is 16.3. The number of halogens is 3. The number of aliphatic imine (C=N–C) groups is 1. The van der Waals surface area contributed by atoms with Gasteiger partial charge in [0.1, 0.15) is 5.82 Å². The summed E-state index contributed by atoms with van der Waals surface area (Å²) in [4.78, 5) is 4.19. The van der Waals surface area contributed by atoms with Gasteiger partial charge in [-0.25, -0.2) is 4.39 Å². The molecule has 0 bridgehead atoms. The van der Waals surface area contributed by atoms with E-state index >= 15 is 0 Å². The Balaban J connectivity index is 0.00000312. The molecule has 136 valence electrons. The summed E-state index contributed by atoms with van der Waals surface area (Å²) in [5.41, 5.74) is 2.19. The summed E-state index contributed by atoms with van der Waals surface area (Å²) in [7, 11) is 1.68. The van der Waals surface area contributed by atoms with Crippen LogP contribution in [0.5, 0.6) is 0 Å². The Labute approximate surface area is 169 Å². The number of benzene rings is 2. The summed E-state index contributed by atoms with van der Waals surface area (Å²) in [6.45, 7) is 2.16. The molecule has 3 N–H and O–H groups in total. The average Bonchev–Trinajstić information content (AvgIpc) is 2.59. The number of hydrogen-bond acceptors (Lipinski definition) is 2. The molecule has 25 heavy (non-hydrogen) atoms. The number of nitrogens with one attached hydrogen (secondary N) is 2. The van der Waals surface area contributed by atoms with Crippen molar-refractivity contribution in [3.8, 4) is 0 Å². The first kappa shape index (κ1) is 21.7. The smallest absolute Gasteiger partial charge is 0.191 e. The number of aliphatic hydroxyl groups is 1. The molecule has 0 spiro atoms. The lowest BCUT2D eigenvalue weighted by Crippen LogP contribution is -2.38. The van der Waals surface area contributed by atoms with E-state index in [9.17, 15) is 4.39 Å². The summed E-state index contributed by atoms with van der Waals surface area (Å²) < 4.78 is 13.4. The van der Waals surface area contributed by atoms with E-state index in [0.29, 0.717) is 17.5 Å². The Morgan fingerprint density at radius 2 is 2.04 bits per heavy atom. The lowest BCUT2D eigenvalue weighted by Gasteiger charge is -2.18. The van der Waals surface area contributed by atoms with E-state index in [1.807, 2.05) is 31.2 Å². The van der Waals surface area contributed by atoms with Crippen LogP contribution in [-0.4, -0.2) is 18.1 Å². The van der Waals surface area contributed by atoms with Crippen molar-refractivity contribution in [2.24, 2.45) is 4.99 Å². The third-order valence-corrected chi connectivity index (χ3v) is 3.90. The Hall–Kier alpha value is -1.38. The van der Waals surface area contributed by atoms with Crippen molar-refractivity contribution >= 4 is 41.5 Å². The van der Waals surface area contributed by atoms with Gasteiger partial charge in [0.2, 0.25) is 0 Å². The number of guanidine groups is 1. The first-order valence-corrected chi connectivity index (χ1v) is 8.02. The van der Waals surface area contributed by atoms with Crippen LogP contribution in [0, 0.1) is 5.82 Å². The van der Waals surface area contributed by atoms with Gasteiger partial charge in [0, 0.05) is 24.2 Å². The second kappa shape index (κ2) is 10.6. The van der Waals surface area contributed by atoms with Crippen LogP contribution in [0.3, 0.4) is 0 Å². The number of rotatable bonds is 5. The van der Waals surface area contributed by atoms with Crippen LogP contribution in [0.4, 0.5) is 4.39 Å². The summed E-state index contributed by atoms with van der Waals surface area (Å²) >= 11 is 6.02. The van der Waals surface area contributed by atoms with Gasteiger partial charge in [-0.2, -0.15) is 0 Å². The molecule has 2 aromatic carbocycles. The fourth-order valence-corrected chi connectivity index (χ4v) is 2.50. The van der Waals surface area contributed by atoms with Crippen LogP contribution >= 0.6 is 35.6 Å². The van der Waals surface area contributed by atoms with E-state index in [1.54, 1.807) is 19.2 Å². The lowest BCUT2D eigenvalue weighted by molar-refractivity contribution is 0.275. The normalized spacial score (nSPS) is 12.3. The van der Waals surface area contributed by atoms with Gasteiger partial charge >= 0.3 is 0 Å². The molecule has 0 radical (unpaired) electrons. The maximum absolute atomic E-state index is 13.4. The topological polar surface area (TPSA) is 56.7 Å². The molecule has 0 aliphatic rings. The molecule has 0 fully saturated rings. The maximum atomic E-state index is 13.4. The highest BCUT2D eigenvalue weighted by molar-refractivity contribution is 14.0. The van der Waals surface area contributed by atoms with Crippen LogP contribution in [-0.2, 0) is 13.2 Å². The fraction of sp³-hybridized carbons (Fsp3) is 0.278. The molecule has 1 atom stereocenters. The molecule has 0 saturated heterocycles. The van der Waals surface area contributed by atoms with E-state index in [4.69, 9.17) is 16.7 Å². The minimum Gasteiger partial charge on any atom is -0.392 e. The van der Waals surface area contributed by atoms with Crippen LogP contribution in [0.25, 0.3) is 0 Å². The van der Waals surface area contributed by atoms with Crippen molar-refractivity contribution in [2.45, 2.75) is 26.1 Å². The highest BCUT2D eigenvalue weighted by Gasteiger charge is 2.09. The first-order valence-electron chi connectivity index (χ1n) is 7.64. The number of nitrogens with zero attached hydrogens (tertiary/aromatic N) is 1. The summed E-state index contributed by atoms with van der Waals surface area (Å²) in [5.74, 6) is 0.218. The largest absolute Gasteiger partial charge is 0.392 e. The van der Waals surface area contributed by atoms with E-state index in [1.165, 1.54) is 6.07 Å². The molecule has 0 aliphatic carbocycles. The van der Waals surface area contributed by atoms with Crippen LogP contribution in [0.2, 0.25) is 5.02 Å². The highest BCUT2D eigenvalue weighted by atomic mass is 127. The predicted octanol–water partition coefficient (Wildman–Crippen LogP) is 4.02. The van der Waals surface area contributed by atoms with Crippen molar-refractivity contribution in [1.29, 1.82) is 0 Å². The summed E-state index contributed by atoms with van der Waals surface area (Å²) in [6, 6.07) is 12.3. The molecule has 1 unspecified atom stereocenters. The number of aliphatic hydroxyl groups excluding tert-OH is 1. The minimum atomic E-state index is -0.404. The van der Waals surface area contributed by atoms with Crippen molar-refractivity contribution in [2.75, 3.05) is 7.05 Å². The van der Waals surface area contributed by atoms with Crippen LogP contribution in [0.15, 0.2) is 47.5 Å². The van der Waals surface area contributed by atoms with Crippen molar-refractivity contribution < 1.29 is 9.50 Å². The molecule has 0 saturated carbocycles. The molecular formula is C18H22ClFIN3O. The molecular weight excluding hydrogens is 456 g/mol. The predicted molar refractivity (Wildman–Crippen MR) is 111 cm³/mol. The highest BCUT2D eigenvalue weighted by Crippen LogP contribution is 2.17. The third kappa shape index (κ3) is 6.45. The van der Waals surface area contributed by atoms with E-state index in [0.717, 1.165) is 11.1 Å². The lowest BCUT2D eigenvalue weighted by atomic mass is 10.1. The summed E-state index contributed by atoms with van der Waals surface area (Å²) in [6.07, 6.45) is 0. The molecule has 4 nitrogen and oxygen atoms in total. The van der Waals surface area contributed by atoms with Crippen molar-refractivity contribution in [3.05, 3.63) is 70.0 Å². The quantitative estimate of drug-likeness (QED) is 0.346. The van der Waals surface area contributed by atoms with E-state index in [2.05, 4.69) is 15.6 Å². The van der Waals surface area contributed by atoms with Gasteiger partial charge in [0.25, 0.3) is 0 Å². The zero-order valence-electron chi connectivity index (χ0n) is 14.1. The van der Waals surface area contributed by atoms with E-state index in [-0.39, 0.29) is 42.2 Å². The molecule has 0 aromatic heterocycles. The van der Waals surface area contributed by atoms with E-state index < -0.39 is 5.82 Å². The Morgan fingerprint density at radius 1 is 1.28 bits per heavy atom. The van der Waals surface area contributed by atoms with Gasteiger partial charge in [-0.05, 0) is 42.3 Å². The Morgan fingerprint density at radius 3 is 2.68 bits per heavy atom. The number of hydrogen-bond donors (Lipinski definition) is 3. The monoisotopic (exact) mass is 477 g/mol. The second-order valence-electron chi connectivity index (χ2n) is 5.43. The van der Waals surface area contributed by atoms with Crippen molar-refractivity contribution in [3.63, 3.8) is 0 Å². The molecule has 0 aliphatic heterocycles. The van der Waals surface area contributed by atoms with Crippen molar-refractivity contribution in [1.82, 2.24) is 10.6 Å². The SMILES string of the molecule is CN=C(NCc1ccc(F)c(CO)c1)NC(C)c1cccc(Cl)c1.I. The standard InChI is InChI=1S/C18H21ClFN3O.HI/c1-12(14-4-3-5-16(19)9-14)23-18(21-2)22-10-13-6-7-17(20)15(8-13)11-24;/h3-9,12,24H,10-11H2,1-2H3,(H2,21,22,23);1H.